The van der Waals surface area contributed by atoms with Crippen LogP contribution in [0.2, 0.25) is 0 Å². The van der Waals surface area contributed by atoms with Crippen molar-refractivity contribution in [3.63, 3.8) is 0 Å². The van der Waals surface area contributed by atoms with Gasteiger partial charge < -0.3 is 9.47 Å². The second-order valence-corrected chi connectivity index (χ2v) is 9.97. The minimum Gasteiger partial charge on any atom is -0.493 e. The van der Waals surface area contributed by atoms with E-state index in [0.29, 0.717) is 43.2 Å². The van der Waals surface area contributed by atoms with E-state index in [2.05, 4.69) is 15.9 Å². The molecule has 0 unspecified atom stereocenters. The van der Waals surface area contributed by atoms with E-state index in [0.717, 1.165) is 5.56 Å². The number of rotatable bonds is 8. The van der Waals surface area contributed by atoms with Gasteiger partial charge in [-0.05, 0) is 51.2 Å². The van der Waals surface area contributed by atoms with Crippen molar-refractivity contribution >= 4 is 61.9 Å². The first kappa shape index (κ1) is 24.2. The van der Waals surface area contributed by atoms with Crippen molar-refractivity contribution in [2.45, 2.75) is 20.5 Å². The van der Waals surface area contributed by atoms with Crippen molar-refractivity contribution in [3.8, 4) is 11.5 Å². The third-order valence-corrected chi connectivity index (χ3v) is 6.44. The van der Waals surface area contributed by atoms with Crippen LogP contribution in [0, 0.1) is 16.0 Å². The molecule has 1 fully saturated rings. The van der Waals surface area contributed by atoms with Crippen LogP contribution in [0.1, 0.15) is 25.0 Å². The zero-order chi connectivity index (χ0) is 23.4. The van der Waals surface area contributed by atoms with Crippen molar-refractivity contribution in [1.29, 1.82) is 0 Å². The Balaban J connectivity index is 1.82. The minimum atomic E-state index is -0.446. The Bertz CT molecular complexity index is 1100. The quantitative estimate of drug-likeness (QED) is 0.182. The fraction of sp³-hybridized carbons (Fsp3) is 0.273. The number of carbonyl (C=O) groups is 1. The second-order valence-electron chi connectivity index (χ2n) is 7.44. The number of hydrogen-bond donors (Lipinski definition) is 0. The van der Waals surface area contributed by atoms with Gasteiger partial charge in [-0.25, -0.2) is 0 Å². The summed E-state index contributed by atoms with van der Waals surface area (Å²) in [6, 6.07) is 9.85. The first-order valence-corrected chi connectivity index (χ1v) is 11.7. The number of nitrogens with zero attached hydrogens (tertiary/aromatic N) is 2. The molecule has 0 spiro atoms. The summed E-state index contributed by atoms with van der Waals surface area (Å²) >= 11 is 10.1. The number of hydrogen-bond acceptors (Lipinski definition) is 7. The van der Waals surface area contributed by atoms with Gasteiger partial charge in [0.25, 0.3) is 11.6 Å². The van der Waals surface area contributed by atoms with E-state index in [1.54, 1.807) is 29.2 Å². The van der Waals surface area contributed by atoms with E-state index in [4.69, 9.17) is 21.7 Å². The molecular weight excluding hydrogens is 516 g/mol. The maximum absolute atomic E-state index is 12.7. The van der Waals surface area contributed by atoms with Crippen LogP contribution < -0.4 is 9.47 Å². The highest BCUT2D eigenvalue weighted by Crippen LogP contribution is 2.39. The lowest BCUT2D eigenvalue weighted by molar-refractivity contribution is -0.384. The van der Waals surface area contributed by atoms with Crippen LogP contribution >= 0.6 is 39.9 Å². The van der Waals surface area contributed by atoms with Crippen LogP contribution in [0.4, 0.5) is 5.69 Å². The number of methoxy groups -OCH3 is 1. The van der Waals surface area contributed by atoms with Crippen LogP contribution in [0.25, 0.3) is 6.08 Å². The highest BCUT2D eigenvalue weighted by molar-refractivity contribution is 9.10. The molecule has 0 aromatic heterocycles. The molecule has 1 amide bonds. The molecule has 0 atom stereocenters. The molecule has 0 radical (unpaired) electrons. The molecule has 0 saturated carbocycles. The summed E-state index contributed by atoms with van der Waals surface area (Å²) in [6.07, 6.45) is 1.78. The molecule has 7 nitrogen and oxygen atoms in total. The highest BCUT2D eigenvalue weighted by atomic mass is 79.9. The molecule has 3 rings (SSSR count). The highest BCUT2D eigenvalue weighted by Gasteiger charge is 2.32. The number of halogens is 1. The standard InChI is InChI=1S/C22H21BrN2O5S2/c1-13(2)11-24-21(26)19(32-22(24)31)10-15-8-17(23)20(18(9-15)29-3)30-12-14-5-4-6-16(7-14)25(27)28/h4-10,13H,11-12H2,1-3H3/b19-10-. The van der Waals surface area contributed by atoms with E-state index in [9.17, 15) is 14.9 Å². The summed E-state index contributed by atoms with van der Waals surface area (Å²) in [5, 5.41) is 11.0. The van der Waals surface area contributed by atoms with E-state index < -0.39 is 4.92 Å². The van der Waals surface area contributed by atoms with Crippen molar-refractivity contribution in [2.75, 3.05) is 13.7 Å². The fourth-order valence-corrected chi connectivity index (χ4v) is 4.90. The molecule has 0 aliphatic carbocycles. The Morgan fingerprint density at radius 1 is 1.31 bits per heavy atom. The SMILES string of the molecule is COc1cc(/C=C2\SC(=S)N(CC(C)C)C2=O)cc(Br)c1OCc1cccc([N+](=O)[O-])c1. The van der Waals surface area contributed by atoms with Gasteiger partial charge in [0.05, 0.1) is 21.4 Å². The van der Waals surface area contributed by atoms with Crippen molar-refractivity contribution in [3.05, 3.63) is 67.0 Å². The van der Waals surface area contributed by atoms with Gasteiger partial charge in [0.15, 0.2) is 11.5 Å². The number of thiocarbonyl (C=S) groups is 1. The zero-order valence-electron chi connectivity index (χ0n) is 17.7. The third kappa shape index (κ3) is 5.67. The Hall–Kier alpha value is -2.43. The Morgan fingerprint density at radius 3 is 2.72 bits per heavy atom. The molecule has 32 heavy (non-hydrogen) atoms. The van der Waals surface area contributed by atoms with E-state index in [1.807, 2.05) is 19.9 Å². The number of nitro benzene ring substituents is 1. The van der Waals surface area contributed by atoms with Gasteiger partial charge in [0.2, 0.25) is 0 Å². The monoisotopic (exact) mass is 536 g/mol. The average Bonchev–Trinajstić information content (AvgIpc) is 2.99. The third-order valence-electron chi connectivity index (χ3n) is 4.48. The molecule has 0 bridgehead atoms. The summed E-state index contributed by atoms with van der Waals surface area (Å²) < 4.78 is 12.6. The van der Waals surface area contributed by atoms with Crippen LogP contribution in [0.5, 0.6) is 11.5 Å². The number of non-ortho nitro benzene ring substituents is 1. The Labute approximate surface area is 204 Å². The minimum absolute atomic E-state index is 0.00209. The molecule has 1 aliphatic heterocycles. The number of thioether (sulfide) groups is 1. The lowest BCUT2D eigenvalue weighted by Gasteiger charge is -2.16. The molecule has 168 valence electrons. The predicted molar refractivity (Wildman–Crippen MR) is 133 cm³/mol. The van der Waals surface area contributed by atoms with Gasteiger partial charge in [0.1, 0.15) is 10.9 Å². The molecule has 0 N–H and O–H groups in total. The molecule has 1 heterocycles. The van der Waals surface area contributed by atoms with E-state index >= 15 is 0 Å². The maximum Gasteiger partial charge on any atom is 0.269 e. The van der Waals surface area contributed by atoms with E-state index in [1.165, 1.54) is 31.0 Å². The van der Waals surface area contributed by atoms with Crippen LogP contribution in [0.3, 0.4) is 0 Å². The fourth-order valence-electron chi connectivity index (χ4n) is 3.05. The maximum atomic E-state index is 12.7. The summed E-state index contributed by atoms with van der Waals surface area (Å²) in [7, 11) is 1.52. The smallest absolute Gasteiger partial charge is 0.269 e. The number of benzene rings is 2. The van der Waals surface area contributed by atoms with Crippen molar-refractivity contribution in [2.24, 2.45) is 5.92 Å². The molecular formula is C22H21BrN2O5S2. The number of ether oxygens (including phenoxy) is 2. The predicted octanol–water partition coefficient (Wildman–Crippen LogP) is 5.80. The van der Waals surface area contributed by atoms with Gasteiger partial charge in [-0.15, -0.1) is 0 Å². The van der Waals surface area contributed by atoms with Crippen LogP contribution in [-0.4, -0.2) is 33.7 Å². The lowest BCUT2D eigenvalue weighted by Crippen LogP contribution is -2.31. The number of nitro groups is 1. The van der Waals surface area contributed by atoms with Crippen LogP contribution in [-0.2, 0) is 11.4 Å². The van der Waals surface area contributed by atoms with Gasteiger partial charge in [-0.2, -0.15) is 0 Å². The van der Waals surface area contributed by atoms with Crippen molar-refractivity contribution in [1.82, 2.24) is 4.90 Å². The molecule has 10 heteroatoms. The van der Waals surface area contributed by atoms with E-state index in [-0.39, 0.29) is 18.2 Å². The molecule has 1 saturated heterocycles. The summed E-state index contributed by atoms with van der Waals surface area (Å²) in [4.78, 5) is 25.4. The summed E-state index contributed by atoms with van der Waals surface area (Å²) in [6.45, 7) is 4.79. The van der Waals surface area contributed by atoms with Gasteiger partial charge in [-0.1, -0.05) is 50.0 Å². The van der Waals surface area contributed by atoms with Gasteiger partial charge in [-0.3, -0.25) is 19.8 Å². The summed E-state index contributed by atoms with van der Waals surface area (Å²) in [5.74, 6) is 1.14. The second kappa shape index (κ2) is 10.5. The zero-order valence-corrected chi connectivity index (χ0v) is 20.9. The average molecular weight is 537 g/mol. The number of carbonyl (C=O) groups excluding carboxylic acids is 1. The number of amides is 1. The first-order valence-electron chi connectivity index (χ1n) is 9.68. The molecule has 1 aliphatic rings. The van der Waals surface area contributed by atoms with Crippen molar-refractivity contribution < 1.29 is 19.2 Å². The molecule has 2 aromatic carbocycles. The Morgan fingerprint density at radius 2 is 2.06 bits per heavy atom. The topological polar surface area (TPSA) is 81.9 Å². The molecule has 2 aromatic rings. The van der Waals surface area contributed by atoms with Gasteiger partial charge >= 0.3 is 0 Å². The first-order chi connectivity index (χ1) is 15.2. The normalized spacial score (nSPS) is 15.0. The summed E-state index contributed by atoms with van der Waals surface area (Å²) in [5.41, 5.74) is 1.41. The lowest BCUT2D eigenvalue weighted by atomic mass is 10.1. The Kier molecular flexibility index (Phi) is 7.91. The van der Waals surface area contributed by atoms with Gasteiger partial charge in [0, 0.05) is 18.7 Å². The van der Waals surface area contributed by atoms with Crippen LogP contribution in [0.15, 0.2) is 45.8 Å². The largest absolute Gasteiger partial charge is 0.493 e.